The Morgan fingerprint density at radius 1 is 1.10 bits per heavy atom. The van der Waals surface area contributed by atoms with Gasteiger partial charge in [-0.2, -0.15) is 0 Å². The van der Waals surface area contributed by atoms with E-state index in [2.05, 4.69) is 26.2 Å². The minimum absolute atomic E-state index is 0.217. The fraction of sp³-hybridized carbons (Fsp3) is 0.0588. The number of halogens is 1. The highest BCUT2D eigenvalue weighted by atomic mass is 79.9. The van der Waals surface area contributed by atoms with E-state index in [0.717, 1.165) is 26.6 Å². The largest absolute Gasteiger partial charge is 0.320 e. The van der Waals surface area contributed by atoms with E-state index in [9.17, 15) is 4.79 Å². The third kappa shape index (κ3) is 2.95. The van der Waals surface area contributed by atoms with Crippen molar-refractivity contribution in [2.24, 2.45) is 0 Å². The molecule has 0 fully saturated rings. The number of nitrogens with one attached hydrogen (secondary N) is 1. The molecule has 2 aromatic carbocycles. The molecule has 0 aliphatic heterocycles. The van der Waals surface area contributed by atoms with E-state index in [4.69, 9.17) is 0 Å². The molecule has 1 heterocycles. The van der Waals surface area contributed by atoms with Crippen LogP contribution in [0.1, 0.15) is 16.1 Å². The number of hydrogen-bond donors (Lipinski definition) is 1. The summed E-state index contributed by atoms with van der Waals surface area (Å²) in [6.45, 7) is 2.00. The summed E-state index contributed by atoms with van der Waals surface area (Å²) in [6, 6.07) is 17.2. The number of carbonyl (C=O) groups excluding carboxylic acids is 1. The third-order valence-electron chi connectivity index (χ3n) is 3.20. The lowest BCUT2D eigenvalue weighted by Gasteiger charge is -2.08. The first kappa shape index (κ1) is 13.8. The lowest BCUT2D eigenvalue weighted by molar-refractivity contribution is 0.102. The molecule has 3 nitrogen and oxygen atoms in total. The Kier molecular flexibility index (Phi) is 3.71. The van der Waals surface area contributed by atoms with Gasteiger partial charge in [-0.25, -0.2) is 4.98 Å². The van der Waals surface area contributed by atoms with Gasteiger partial charge in [-0.1, -0.05) is 30.3 Å². The van der Waals surface area contributed by atoms with Crippen LogP contribution in [0.3, 0.4) is 0 Å². The molecule has 1 N–H and O–H groups in total. The summed E-state index contributed by atoms with van der Waals surface area (Å²) in [6.07, 6.45) is 0. The molecule has 1 amide bonds. The highest BCUT2D eigenvalue weighted by Gasteiger charge is 2.10. The van der Waals surface area contributed by atoms with Crippen LogP contribution in [0.2, 0.25) is 0 Å². The number of rotatable bonds is 2. The number of aromatic nitrogens is 1. The number of amides is 1. The molecule has 3 aromatic rings. The van der Waals surface area contributed by atoms with Gasteiger partial charge in [0.05, 0.1) is 11.2 Å². The number of para-hydroxylation sites is 1. The monoisotopic (exact) mass is 340 g/mol. The topological polar surface area (TPSA) is 42.0 Å². The van der Waals surface area contributed by atoms with E-state index < -0.39 is 0 Å². The zero-order chi connectivity index (χ0) is 14.8. The summed E-state index contributed by atoms with van der Waals surface area (Å²) >= 11 is 3.45. The molecule has 3 rings (SSSR count). The zero-order valence-electron chi connectivity index (χ0n) is 11.4. The molecule has 4 heteroatoms. The van der Waals surface area contributed by atoms with Crippen molar-refractivity contribution in [3.05, 3.63) is 70.3 Å². The van der Waals surface area contributed by atoms with Crippen LogP contribution in [0, 0.1) is 6.92 Å². The molecule has 1 aromatic heterocycles. The number of aryl methyl sites for hydroxylation is 1. The molecule has 104 valence electrons. The standard InChI is InChI=1S/C17H13BrN2O/c1-11-6-8-15(13(18)10-11)20-17(21)16-9-7-12-4-2-3-5-14(12)19-16/h2-10H,1H3,(H,20,21). The number of pyridine rings is 1. The van der Waals surface area contributed by atoms with Crippen LogP contribution in [0.4, 0.5) is 5.69 Å². The molecular formula is C17H13BrN2O. The number of hydrogen-bond acceptors (Lipinski definition) is 2. The van der Waals surface area contributed by atoms with E-state index in [1.807, 2.05) is 55.5 Å². The Morgan fingerprint density at radius 3 is 2.71 bits per heavy atom. The molecule has 0 bridgehead atoms. The van der Waals surface area contributed by atoms with Crippen LogP contribution >= 0.6 is 15.9 Å². The SMILES string of the molecule is Cc1ccc(NC(=O)c2ccc3ccccc3n2)c(Br)c1. The summed E-state index contributed by atoms with van der Waals surface area (Å²) in [5, 5.41) is 3.89. The predicted octanol–water partition coefficient (Wildman–Crippen LogP) is 4.56. The molecule has 0 aliphatic carbocycles. The predicted molar refractivity (Wildman–Crippen MR) is 88.6 cm³/mol. The Hall–Kier alpha value is -2.20. The van der Waals surface area contributed by atoms with Gasteiger partial charge in [0.15, 0.2) is 0 Å². The van der Waals surface area contributed by atoms with Gasteiger partial charge in [-0.15, -0.1) is 0 Å². The second kappa shape index (κ2) is 5.66. The quantitative estimate of drug-likeness (QED) is 0.743. The van der Waals surface area contributed by atoms with Crippen LogP contribution in [-0.4, -0.2) is 10.9 Å². The lowest BCUT2D eigenvalue weighted by Crippen LogP contribution is -2.14. The fourth-order valence-corrected chi connectivity index (χ4v) is 2.69. The average Bonchev–Trinajstić information content (AvgIpc) is 2.49. The van der Waals surface area contributed by atoms with Crippen molar-refractivity contribution in [2.75, 3.05) is 5.32 Å². The molecular weight excluding hydrogens is 328 g/mol. The highest BCUT2D eigenvalue weighted by molar-refractivity contribution is 9.10. The molecule has 0 radical (unpaired) electrons. The first-order chi connectivity index (χ1) is 10.1. The number of anilines is 1. The molecule has 0 spiro atoms. The van der Waals surface area contributed by atoms with Crippen LogP contribution in [0.25, 0.3) is 10.9 Å². The first-order valence-electron chi connectivity index (χ1n) is 6.57. The zero-order valence-corrected chi connectivity index (χ0v) is 13.0. The van der Waals surface area contributed by atoms with Crippen molar-refractivity contribution in [3.8, 4) is 0 Å². The number of fused-ring (bicyclic) bond motifs is 1. The van der Waals surface area contributed by atoms with Crippen molar-refractivity contribution < 1.29 is 4.79 Å². The van der Waals surface area contributed by atoms with Crippen LogP contribution in [0.15, 0.2) is 59.1 Å². The van der Waals surface area contributed by atoms with Gasteiger partial charge < -0.3 is 5.32 Å². The number of benzene rings is 2. The normalized spacial score (nSPS) is 10.6. The number of carbonyl (C=O) groups is 1. The summed E-state index contributed by atoms with van der Waals surface area (Å²) in [5.74, 6) is -0.217. The third-order valence-corrected chi connectivity index (χ3v) is 3.86. The van der Waals surface area contributed by atoms with E-state index in [0.29, 0.717) is 5.69 Å². The maximum atomic E-state index is 12.3. The van der Waals surface area contributed by atoms with Crippen LogP contribution in [-0.2, 0) is 0 Å². The van der Waals surface area contributed by atoms with Crippen LogP contribution < -0.4 is 5.32 Å². The second-order valence-electron chi connectivity index (χ2n) is 4.83. The molecule has 0 saturated carbocycles. The van der Waals surface area contributed by atoms with Gasteiger partial charge in [0, 0.05) is 9.86 Å². The highest BCUT2D eigenvalue weighted by Crippen LogP contribution is 2.24. The Labute approximate surface area is 131 Å². The van der Waals surface area contributed by atoms with Crippen molar-refractivity contribution in [3.63, 3.8) is 0 Å². The summed E-state index contributed by atoms with van der Waals surface area (Å²) in [7, 11) is 0. The van der Waals surface area contributed by atoms with Gasteiger partial charge in [0.1, 0.15) is 5.69 Å². The van der Waals surface area contributed by atoms with E-state index in [-0.39, 0.29) is 5.91 Å². The molecule has 0 atom stereocenters. The van der Waals surface area contributed by atoms with Crippen molar-refractivity contribution in [2.45, 2.75) is 6.92 Å². The minimum Gasteiger partial charge on any atom is -0.320 e. The van der Waals surface area contributed by atoms with Gasteiger partial charge >= 0.3 is 0 Å². The van der Waals surface area contributed by atoms with Gasteiger partial charge in [0.2, 0.25) is 0 Å². The molecule has 0 unspecified atom stereocenters. The van der Waals surface area contributed by atoms with E-state index in [1.54, 1.807) is 6.07 Å². The smallest absolute Gasteiger partial charge is 0.274 e. The minimum atomic E-state index is -0.217. The summed E-state index contributed by atoms with van der Waals surface area (Å²) in [4.78, 5) is 16.7. The van der Waals surface area contributed by atoms with Crippen molar-refractivity contribution in [1.29, 1.82) is 0 Å². The van der Waals surface area contributed by atoms with Gasteiger partial charge in [-0.05, 0) is 52.7 Å². The van der Waals surface area contributed by atoms with E-state index >= 15 is 0 Å². The second-order valence-corrected chi connectivity index (χ2v) is 5.68. The van der Waals surface area contributed by atoms with E-state index in [1.165, 1.54) is 0 Å². The summed E-state index contributed by atoms with van der Waals surface area (Å²) in [5.41, 5.74) is 3.08. The average molecular weight is 341 g/mol. The first-order valence-corrected chi connectivity index (χ1v) is 7.36. The maximum Gasteiger partial charge on any atom is 0.274 e. The van der Waals surface area contributed by atoms with Crippen LogP contribution in [0.5, 0.6) is 0 Å². The number of nitrogens with zero attached hydrogens (tertiary/aromatic N) is 1. The summed E-state index contributed by atoms with van der Waals surface area (Å²) < 4.78 is 0.858. The molecule has 0 aliphatic rings. The maximum absolute atomic E-state index is 12.3. The Bertz CT molecular complexity index is 830. The van der Waals surface area contributed by atoms with Crippen molar-refractivity contribution in [1.82, 2.24) is 4.98 Å². The Morgan fingerprint density at radius 2 is 1.90 bits per heavy atom. The van der Waals surface area contributed by atoms with Gasteiger partial charge in [-0.3, -0.25) is 4.79 Å². The molecule has 0 saturated heterocycles. The lowest BCUT2D eigenvalue weighted by atomic mass is 10.2. The fourth-order valence-electron chi connectivity index (χ4n) is 2.10. The van der Waals surface area contributed by atoms with Crippen molar-refractivity contribution >= 4 is 38.4 Å². The molecule has 21 heavy (non-hydrogen) atoms. The van der Waals surface area contributed by atoms with Gasteiger partial charge in [0.25, 0.3) is 5.91 Å². The Balaban J connectivity index is 1.89.